The molecule has 0 fully saturated rings. The summed E-state index contributed by atoms with van der Waals surface area (Å²) < 4.78 is 5.47. The third kappa shape index (κ3) is 4.93. The fourth-order valence-electron chi connectivity index (χ4n) is 1.52. The van der Waals surface area contributed by atoms with E-state index in [-0.39, 0.29) is 0 Å². The maximum absolute atomic E-state index is 5.47. The van der Waals surface area contributed by atoms with Crippen molar-refractivity contribution in [3.63, 3.8) is 0 Å². The van der Waals surface area contributed by atoms with Crippen molar-refractivity contribution in [1.29, 1.82) is 0 Å². The average molecular weight is 231 g/mol. The lowest BCUT2D eigenvalue weighted by atomic mass is 10.1. The maximum Gasteiger partial charge on any atom is 0.149 e. The Labute approximate surface area is 104 Å². The SMILES string of the molecule is CC#CCOc1ccc(C(C)NCCC)cc1. The first kappa shape index (κ1) is 13.6. The molecule has 0 amide bonds. The summed E-state index contributed by atoms with van der Waals surface area (Å²) in [5, 5.41) is 3.46. The Morgan fingerprint density at radius 3 is 2.59 bits per heavy atom. The average Bonchev–Trinajstić information content (AvgIpc) is 2.37. The van der Waals surface area contributed by atoms with Crippen molar-refractivity contribution in [1.82, 2.24) is 5.32 Å². The monoisotopic (exact) mass is 231 g/mol. The summed E-state index contributed by atoms with van der Waals surface area (Å²) in [5.74, 6) is 6.56. The number of hydrogen-bond donors (Lipinski definition) is 1. The number of benzene rings is 1. The predicted octanol–water partition coefficient (Wildman–Crippen LogP) is 3.15. The van der Waals surface area contributed by atoms with Gasteiger partial charge >= 0.3 is 0 Å². The highest BCUT2D eigenvalue weighted by Crippen LogP contribution is 2.17. The van der Waals surface area contributed by atoms with Crippen LogP contribution in [0.2, 0.25) is 0 Å². The van der Waals surface area contributed by atoms with Crippen LogP contribution in [0.1, 0.15) is 38.8 Å². The molecule has 0 aromatic heterocycles. The van der Waals surface area contributed by atoms with Gasteiger partial charge in [-0.05, 0) is 44.5 Å². The smallest absolute Gasteiger partial charge is 0.149 e. The zero-order chi connectivity index (χ0) is 12.5. The molecule has 1 rings (SSSR count). The first-order chi connectivity index (χ1) is 8.27. The lowest BCUT2D eigenvalue weighted by Crippen LogP contribution is -2.19. The van der Waals surface area contributed by atoms with E-state index in [2.05, 4.69) is 43.1 Å². The number of ether oxygens (including phenoxy) is 1. The Balaban J connectivity index is 2.50. The van der Waals surface area contributed by atoms with Gasteiger partial charge < -0.3 is 10.1 Å². The summed E-state index contributed by atoms with van der Waals surface area (Å²) in [4.78, 5) is 0. The van der Waals surface area contributed by atoms with Crippen molar-refractivity contribution in [2.45, 2.75) is 33.2 Å². The van der Waals surface area contributed by atoms with Gasteiger partial charge in [0.1, 0.15) is 12.4 Å². The molecule has 1 N–H and O–H groups in total. The van der Waals surface area contributed by atoms with Crippen LogP contribution in [0.15, 0.2) is 24.3 Å². The van der Waals surface area contributed by atoms with Crippen LogP contribution in [0.3, 0.4) is 0 Å². The molecule has 2 heteroatoms. The number of rotatable bonds is 6. The first-order valence-electron chi connectivity index (χ1n) is 6.13. The van der Waals surface area contributed by atoms with E-state index in [0.29, 0.717) is 12.6 Å². The highest BCUT2D eigenvalue weighted by atomic mass is 16.5. The van der Waals surface area contributed by atoms with Gasteiger partial charge in [0, 0.05) is 6.04 Å². The largest absolute Gasteiger partial charge is 0.481 e. The lowest BCUT2D eigenvalue weighted by Gasteiger charge is -2.14. The van der Waals surface area contributed by atoms with Crippen LogP contribution < -0.4 is 10.1 Å². The topological polar surface area (TPSA) is 21.3 Å². The van der Waals surface area contributed by atoms with Gasteiger partial charge in [0.05, 0.1) is 0 Å². The summed E-state index contributed by atoms with van der Waals surface area (Å²) in [7, 11) is 0. The Morgan fingerprint density at radius 2 is 2.00 bits per heavy atom. The van der Waals surface area contributed by atoms with Crippen molar-refractivity contribution in [2.75, 3.05) is 13.2 Å². The van der Waals surface area contributed by atoms with Crippen LogP contribution >= 0.6 is 0 Å². The van der Waals surface area contributed by atoms with E-state index >= 15 is 0 Å². The zero-order valence-corrected chi connectivity index (χ0v) is 10.9. The second-order valence-corrected chi connectivity index (χ2v) is 3.96. The molecule has 1 aromatic rings. The fraction of sp³-hybridized carbons (Fsp3) is 0.467. The molecule has 0 aliphatic rings. The molecule has 0 aliphatic carbocycles. The highest BCUT2D eigenvalue weighted by molar-refractivity contribution is 5.29. The van der Waals surface area contributed by atoms with Crippen LogP contribution in [-0.2, 0) is 0 Å². The Bertz CT molecular complexity index is 372. The minimum absolute atomic E-state index is 0.388. The van der Waals surface area contributed by atoms with Crippen LogP contribution in [0, 0.1) is 11.8 Å². The zero-order valence-electron chi connectivity index (χ0n) is 10.9. The van der Waals surface area contributed by atoms with Gasteiger partial charge in [-0.15, -0.1) is 5.92 Å². The van der Waals surface area contributed by atoms with E-state index < -0.39 is 0 Å². The highest BCUT2D eigenvalue weighted by Gasteiger charge is 2.03. The summed E-state index contributed by atoms with van der Waals surface area (Å²) >= 11 is 0. The summed E-state index contributed by atoms with van der Waals surface area (Å²) in [6.45, 7) is 7.66. The van der Waals surface area contributed by atoms with E-state index in [4.69, 9.17) is 4.74 Å². The van der Waals surface area contributed by atoms with Crippen LogP contribution in [0.25, 0.3) is 0 Å². The summed E-state index contributed by atoms with van der Waals surface area (Å²) in [6.07, 6.45) is 1.15. The Hall–Kier alpha value is -1.46. The normalized spacial score (nSPS) is 11.5. The van der Waals surface area contributed by atoms with E-state index in [1.54, 1.807) is 0 Å². The molecule has 0 heterocycles. The van der Waals surface area contributed by atoms with E-state index in [9.17, 15) is 0 Å². The molecule has 1 atom stereocenters. The van der Waals surface area contributed by atoms with Gasteiger partial charge in [-0.25, -0.2) is 0 Å². The maximum atomic E-state index is 5.47. The quantitative estimate of drug-likeness (QED) is 0.759. The van der Waals surface area contributed by atoms with Crippen molar-refractivity contribution < 1.29 is 4.74 Å². The van der Waals surface area contributed by atoms with Crippen LogP contribution in [-0.4, -0.2) is 13.2 Å². The molecular weight excluding hydrogens is 210 g/mol. The van der Waals surface area contributed by atoms with Gasteiger partial charge in [0.15, 0.2) is 0 Å². The van der Waals surface area contributed by atoms with Crippen molar-refractivity contribution in [3.8, 4) is 17.6 Å². The molecular formula is C15H21NO. The minimum Gasteiger partial charge on any atom is -0.481 e. The molecule has 0 spiro atoms. The standard InChI is InChI=1S/C15H21NO/c1-4-6-12-17-15-9-7-14(8-10-15)13(3)16-11-5-2/h7-10,13,16H,5,11-12H2,1-3H3. The number of nitrogens with one attached hydrogen (secondary N) is 1. The van der Waals surface area contributed by atoms with Gasteiger partial charge in [-0.1, -0.05) is 25.0 Å². The van der Waals surface area contributed by atoms with Gasteiger partial charge in [-0.2, -0.15) is 0 Å². The molecule has 1 unspecified atom stereocenters. The minimum atomic E-state index is 0.388. The second kappa shape index (κ2) is 7.76. The first-order valence-corrected chi connectivity index (χ1v) is 6.13. The van der Waals surface area contributed by atoms with E-state index in [1.165, 1.54) is 5.56 Å². The van der Waals surface area contributed by atoms with E-state index in [1.807, 2.05) is 19.1 Å². The van der Waals surface area contributed by atoms with Crippen LogP contribution in [0.5, 0.6) is 5.75 Å². The van der Waals surface area contributed by atoms with Crippen molar-refractivity contribution in [3.05, 3.63) is 29.8 Å². The Kier molecular flexibility index (Phi) is 6.21. The number of hydrogen-bond acceptors (Lipinski definition) is 2. The molecule has 0 radical (unpaired) electrons. The van der Waals surface area contributed by atoms with Crippen molar-refractivity contribution >= 4 is 0 Å². The molecule has 1 aromatic carbocycles. The molecule has 0 bridgehead atoms. The fourth-order valence-corrected chi connectivity index (χ4v) is 1.52. The Morgan fingerprint density at radius 1 is 1.29 bits per heavy atom. The van der Waals surface area contributed by atoms with Crippen LogP contribution in [0.4, 0.5) is 0 Å². The molecule has 17 heavy (non-hydrogen) atoms. The molecule has 0 saturated heterocycles. The van der Waals surface area contributed by atoms with Gasteiger partial charge in [0.25, 0.3) is 0 Å². The van der Waals surface area contributed by atoms with Gasteiger partial charge in [0.2, 0.25) is 0 Å². The van der Waals surface area contributed by atoms with Gasteiger partial charge in [-0.3, -0.25) is 0 Å². The lowest BCUT2D eigenvalue weighted by molar-refractivity contribution is 0.370. The summed E-state index contributed by atoms with van der Waals surface area (Å²) in [6, 6.07) is 8.58. The van der Waals surface area contributed by atoms with E-state index in [0.717, 1.165) is 18.7 Å². The molecule has 92 valence electrons. The third-order valence-corrected chi connectivity index (χ3v) is 2.57. The van der Waals surface area contributed by atoms with Crippen molar-refractivity contribution in [2.24, 2.45) is 0 Å². The summed E-state index contributed by atoms with van der Waals surface area (Å²) in [5.41, 5.74) is 1.28. The molecule has 2 nitrogen and oxygen atoms in total. The molecule has 0 saturated carbocycles. The second-order valence-electron chi connectivity index (χ2n) is 3.96. The predicted molar refractivity (Wildman–Crippen MR) is 72.1 cm³/mol. The third-order valence-electron chi connectivity index (χ3n) is 2.57. The molecule has 0 aliphatic heterocycles.